The van der Waals surface area contributed by atoms with Crippen LogP contribution in [0.2, 0.25) is 0 Å². The third-order valence-corrected chi connectivity index (χ3v) is 8.98. The van der Waals surface area contributed by atoms with E-state index in [0.717, 1.165) is 38.5 Å². The fraction of sp³-hybridized carbons (Fsp3) is 0.591. The summed E-state index contributed by atoms with van der Waals surface area (Å²) in [5.74, 6) is 0.645. The quantitative estimate of drug-likeness (QED) is 0.583. The molecule has 1 aromatic carbocycles. The number of thioether (sulfide) groups is 1. The van der Waals surface area contributed by atoms with Gasteiger partial charge in [0.1, 0.15) is 0 Å². The molecule has 32 heavy (non-hydrogen) atoms. The van der Waals surface area contributed by atoms with Gasteiger partial charge in [-0.05, 0) is 70.2 Å². The summed E-state index contributed by atoms with van der Waals surface area (Å²) in [6, 6.07) is 7.04. The first kappa shape index (κ1) is 23.3. The number of hydrogen-bond acceptors (Lipinski definition) is 7. The Balaban J connectivity index is 1.38. The van der Waals surface area contributed by atoms with Gasteiger partial charge < -0.3 is 9.32 Å². The van der Waals surface area contributed by atoms with Crippen LogP contribution in [-0.2, 0) is 14.8 Å². The SMILES string of the molecule is C[C@H]1CCC[C@H](C)N1C(=O)CSc1nnc(-c2ccc(S(=O)(=O)N3CCCCC3)cc2)o1. The van der Waals surface area contributed by atoms with Gasteiger partial charge >= 0.3 is 0 Å². The molecule has 8 nitrogen and oxygen atoms in total. The molecule has 0 radical (unpaired) electrons. The summed E-state index contributed by atoms with van der Waals surface area (Å²) < 4.78 is 32.9. The second kappa shape index (κ2) is 9.93. The molecule has 2 saturated heterocycles. The van der Waals surface area contributed by atoms with Gasteiger partial charge in [0.2, 0.25) is 21.8 Å². The fourth-order valence-corrected chi connectivity index (χ4v) is 6.67. The van der Waals surface area contributed by atoms with E-state index in [-0.39, 0.29) is 28.6 Å². The summed E-state index contributed by atoms with van der Waals surface area (Å²) in [6.07, 6.45) is 6.11. The van der Waals surface area contributed by atoms with Crippen molar-refractivity contribution in [2.45, 2.75) is 74.6 Å². The predicted molar refractivity (Wildman–Crippen MR) is 123 cm³/mol. The molecule has 2 aliphatic rings. The molecule has 0 bridgehead atoms. The highest BCUT2D eigenvalue weighted by Gasteiger charge is 2.29. The van der Waals surface area contributed by atoms with Crippen LogP contribution in [0.1, 0.15) is 52.4 Å². The molecule has 2 fully saturated rings. The maximum atomic E-state index is 12.8. The zero-order chi connectivity index (χ0) is 22.7. The molecule has 0 unspecified atom stereocenters. The summed E-state index contributed by atoms with van der Waals surface area (Å²) in [5, 5.41) is 8.44. The lowest BCUT2D eigenvalue weighted by Crippen LogP contribution is -2.48. The van der Waals surface area contributed by atoms with Crippen molar-refractivity contribution in [1.29, 1.82) is 0 Å². The molecule has 4 rings (SSSR count). The number of rotatable bonds is 6. The maximum Gasteiger partial charge on any atom is 0.277 e. The maximum absolute atomic E-state index is 12.8. The van der Waals surface area contributed by atoms with Crippen LogP contribution in [0.5, 0.6) is 0 Å². The molecule has 3 heterocycles. The standard InChI is InChI=1S/C22H30N4O4S2/c1-16-7-6-8-17(2)26(16)20(27)15-31-22-24-23-21(30-22)18-9-11-19(12-10-18)32(28,29)25-13-4-3-5-14-25/h9-12,16-17H,3-8,13-15H2,1-2H3/t16-,17-/m0/s1. The molecule has 2 aliphatic heterocycles. The third kappa shape index (κ3) is 5.02. The van der Waals surface area contributed by atoms with Crippen molar-refractivity contribution in [2.75, 3.05) is 18.8 Å². The van der Waals surface area contributed by atoms with E-state index in [1.54, 1.807) is 28.6 Å². The molecule has 0 aliphatic carbocycles. The molecule has 1 aromatic heterocycles. The van der Waals surface area contributed by atoms with Crippen molar-refractivity contribution >= 4 is 27.7 Å². The molecular formula is C22H30N4O4S2. The highest BCUT2D eigenvalue weighted by Crippen LogP contribution is 2.28. The minimum atomic E-state index is -3.47. The molecule has 0 saturated carbocycles. The highest BCUT2D eigenvalue weighted by atomic mass is 32.2. The zero-order valence-corrected chi connectivity index (χ0v) is 20.2. The van der Waals surface area contributed by atoms with E-state index in [1.165, 1.54) is 11.8 Å². The number of aromatic nitrogens is 2. The van der Waals surface area contributed by atoms with E-state index >= 15 is 0 Å². The van der Waals surface area contributed by atoms with E-state index in [1.807, 2.05) is 4.90 Å². The smallest absolute Gasteiger partial charge is 0.277 e. The number of carbonyl (C=O) groups excluding carboxylic acids is 1. The Morgan fingerprint density at radius 3 is 2.34 bits per heavy atom. The number of nitrogens with zero attached hydrogens (tertiary/aromatic N) is 4. The van der Waals surface area contributed by atoms with Crippen LogP contribution in [0.4, 0.5) is 0 Å². The zero-order valence-electron chi connectivity index (χ0n) is 18.6. The molecular weight excluding hydrogens is 448 g/mol. The van der Waals surface area contributed by atoms with Gasteiger partial charge in [-0.2, -0.15) is 4.31 Å². The first-order valence-corrected chi connectivity index (χ1v) is 13.7. The number of piperidine rings is 2. The molecule has 0 N–H and O–H groups in total. The van der Waals surface area contributed by atoms with Crippen LogP contribution >= 0.6 is 11.8 Å². The third-order valence-electron chi connectivity index (χ3n) is 6.26. The van der Waals surface area contributed by atoms with E-state index in [2.05, 4.69) is 24.0 Å². The lowest BCUT2D eigenvalue weighted by molar-refractivity contribution is -0.134. The number of benzene rings is 1. The van der Waals surface area contributed by atoms with Crippen molar-refractivity contribution < 1.29 is 17.6 Å². The number of likely N-dealkylation sites (tertiary alicyclic amines) is 1. The number of sulfonamides is 1. The Morgan fingerprint density at radius 1 is 1.03 bits per heavy atom. The number of carbonyl (C=O) groups is 1. The summed E-state index contributed by atoms with van der Waals surface area (Å²) in [6.45, 7) is 5.33. The van der Waals surface area contributed by atoms with Crippen molar-refractivity contribution in [2.24, 2.45) is 0 Å². The van der Waals surface area contributed by atoms with Gasteiger partial charge in [-0.25, -0.2) is 8.42 Å². The second-order valence-corrected chi connectivity index (χ2v) is 11.4. The van der Waals surface area contributed by atoms with Crippen LogP contribution < -0.4 is 0 Å². The van der Waals surface area contributed by atoms with E-state index in [4.69, 9.17) is 4.42 Å². The van der Waals surface area contributed by atoms with Gasteiger partial charge in [-0.1, -0.05) is 18.2 Å². The van der Waals surface area contributed by atoms with Crippen molar-refractivity contribution in [3.63, 3.8) is 0 Å². The largest absolute Gasteiger partial charge is 0.411 e. The Bertz CT molecular complexity index is 1020. The Morgan fingerprint density at radius 2 is 1.69 bits per heavy atom. The number of amides is 1. The van der Waals surface area contributed by atoms with Gasteiger partial charge in [0.05, 0.1) is 10.6 Å². The minimum Gasteiger partial charge on any atom is -0.411 e. The van der Waals surface area contributed by atoms with Crippen LogP contribution in [0, 0.1) is 0 Å². The lowest BCUT2D eigenvalue weighted by Gasteiger charge is -2.39. The van der Waals surface area contributed by atoms with Crippen molar-refractivity contribution in [3.05, 3.63) is 24.3 Å². The lowest BCUT2D eigenvalue weighted by atomic mass is 9.98. The molecule has 0 spiro atoms. The molecule has 10 heteroatoms. The second-order valence-electron chi connectivity index (χ2n) is 8.58. The van der Waals surface area contributed by atoms with Gasteiger partial charge in [0, 0.05) is 30.7 Å². The van der Waals surface area contributed by atoms with Gasteiger partial charge in [-0.3, -0.25) is 4.79 Å². The van der Waals surface area contributed by atoms with E-state index < -0.39 is 10.0 Å². The first-order chi connectivity index (χ1) is 15.4. The summed E-state index contributed by atoms with van der Waals surface area (Å²) in [7, 11) is -3.47. The molecule has 1 amide bonds. The predicted octanol–water partition coefficient (Wildman–Crippen LogP) is 3.79. The molecule has 174 valence electrons. The van der Waals surface area contributed by atoms with Crippen molar-refractivity contribution in [1.82, 2.24) is 19.4 Å². The van der Waals surface area contributed by atoms with Gasteiger partial charge in [-0.15, -0.1) is 10.2 Å². The van der Waals surface area contributed by atoms with E-state index in [0.29, 0.717) is 29.8 Å². The van der Waals surface area contributed by atoms with Crippen LogP contribution in [0.15, 0.2) is 38.8 Å². The summed E-state index contributed by atoms with van der Waals surface area (Å²) >= 11 is 1.23. The average molecular weight is 479 g/mol. The monoisotopic (exact) mass is 478 g/mol. The van der Waals surface area contributed by atoms with E-state index in [9.17, 15) is 13.2 Å². The summed E-state index contributed by atoms with van der Waals surface area (Å²) in [4.78, 5) is 14.9. The fourth-order valence-electron chi connectivity index (χ4n) is 4.52. The van der Waals surface area contributed by atoms with Crippen LogP contribution in [0.25, 0.3) is 11.5 Å². The molecule has 2 atom stereocenters. The normalized spacial score (nSPS) is 22.8. The Kier molecular flexibility index (Phi) is 7.21. The van der Waals surface area contributed by atoms with Gasteiger partial charge in [0.15, 0.2) is 0 Å². The Hall–Kier alpha value is -1.91. The Labute approximate surface area is 193 Å². The minimum absolute atomic E-state index is 0.0849. The van der Waals surface area contributed by atoms with Gasteiger partial charge in [0.25, 0.3) is 5.22 Å². The summed E-state index contributed by atoms with van der Waals surface area (Å²) in [5.41, 5.74) is 0.645. The van der Waals surface area contributed by atoms with Crippen LogP contribution in [0.3, 0.4) is 0 Å². The van der Waals surface area contributed by atoms with Crippen LogP contribution in [-0.4, -0.2) is 64.7 Å². The highest BCUT2D eigenvalue weighted by molar-refractivity contribution is 7.99. The first-order valence-electron chi connectivity index (χ1n) is 11.2. The van der Waals surface area contributed by atoms with Crippen molar-refractivity contribution in [3.8, 4) is 11.5 Å². The molecule has 2 aromatic rings. The average Bonchev–Trinajstić information content (AvgIpc) is 3.27. The number of hydrogen-bond donors (Lipinski definition) is 0. The topological polar surface area (TPSA) is 96.6 Å².